The second-order valence-corrected chi connectivity index (χ2v) is 14.4. The maximum atomic E-state index is 13.8. The van der Waals surface area contributed by atoms with E-state index in [1.54, 1.807) is 34.3 Å². The molecule has 1 unspecified atom stereocenters. The topological polar surface area (TPSA) is 175 Å². The first-order valence-electron chi connectivity index (χ1n) is 19.0. The number of aromatic nitrogens is 4. The average molecular weight is 771 g/mol. The van der Waals surface area contributed by atoms with Crippen LogP contribution in [0.4, 0.5) is 9.59 Å². The predicted molar refractivity (Wildman–Crippen MR) is 213 cm³/mol. The molecule has 4 N–H and O–H groups in total. The van der Waals surface area contributed by atoms with Gasteiger partial charge in [0.15, 0.2) is 0 Å². The minimum atomic E-state index is -0.920. The van der Waals surface area contributed by atoms with Crippen LogP contribution in [-0.4, -0.2) is 87.1 Å². The van der Waals surface area contributed by atoms with Crippen molar-refractivity contribution >= 4 is 24.0 Å². The van der Waals surface area contributed by atoms with Crippen molar-refractivity contribution in [3.63, 3.8) is 0 Å². The summed E-state index contributed by atoms with van der Waals surface area (Å²) >= 11 is 0. The van der Waals surface area contributed by atoms with E-state index in [9.17, 15) is 19.2 Å². The molecule has 0 spiro atoms. The van der Waals surface area contributed by atoms with Gasteiger partial charge in [-0.2, -0.15) is 0 Å². The normalized spacial score (nSPS) is 17.4. The van der Waals surface area contributed by atoms with Crippen molar-refractivity contribution in [2.24, 2.45) is 5.92 Å². The smallest absolute Gasteiger partial charge is 0.407 e. The zero-order valence-corrected chi connectivity index (χ0v) is 32.3. The van der Waals surface area contributed by atoms with E-state index >= 15 is 0 Å². The third kappa shape index (κ3) is 8.30. The number of nitrogens with one attached hydrogen (secondary N) is 4. The first-order chi connectivity index (χ1) is 27.6. The van der Waals surface area contributed by atoms with Crippen LogP contribution in [0.25, 0.3) is 33.6 Å². The highest BCUT2D eigenvalue weighted by atomic mass is 16.5. The number of carbonyl (C=O) groups excluding carboxylic acids is 4. The van der Waals surface area contributed by atoms with Crippen molar-refractivity contribution < 1.29 is 28.7 Å². The Morgan fingerprint density at radius 2 is 1.28 bits per heavy atom. The summed E-state index contributed by atoms with van der Waals surface area (Å²) in [5, 5.41) is 5.37. The number of methoxy groups -OCH3 is 2. The van der Waals surface area contributed by atoms with Crippen LogP contribution < -0.4 is 10.6 Å². The number of ether oxygens (including phenoxy) is 2. The van der Waals surface area contributed by atoms with Crippen LogP contribution in [0.5, 0.6) is 0 Å². The number of aromatic amines is 2. The number of benzene rings is 3. The number of H-pyrrole nitrogens is 2. The second-order valence-electron chi connectivity index (χ2n) is 14.4. The fourth-order valence-corrected chi connectivity index (χ4v) is 7.43. The highest BCUT2D eigenvalue weighted by molar-refractivity contribution is 5.88. The van der Waals surface area contributed by atoms with Crippen LogP contribution in [0.3, 0.4) is 0 Å². The molecular formula is C43H46N8O6. The van der Waals surface area contributed by atoms with Crippen molar-refractivity contribution in [2.45, 2.75) is 50.9 Å². The highest BCUT2D eigenvalue weighted by Crippen LogP contribution is 2.34. The molecular weight excluding hydrogens is 725 g/mol. The molecule has 14 heteroatoms. The van der Waals surface area contributed by atoms with E-state index in [0.717, 1.165) is 46.5 Å². The maximum absolute atomic E-state index is 13.8. The Hall–Kier alpha value is -6.70. The van der Waals surface area contributed by atoms with Crippen LogP contribution >= 0.6 is 0 Å². The largest absolute Gasteiger partial charge is 0.453 e. The Morgan fingerprint density at radius 1 is 0.719 bits per heavy atom. The van der Waals surface area contributed by atoms with Crippen LogP contribution in [0, 0.1) is 5.92 Å². The van der Waals surface area contributed by atoms with E-state index < -0.39 is 30.3 Å². The molecule has 0 radical (unpaired) electrons. The van der Waals surface area contributed by atoms with Gasteiger partial charge in [-0.15, -0.1) is 0 Å². The van der Waals surface area contributed by atoms with Gasteiger partial charge >= 0.3 is 12.2 Å². The number of carbonyl (C=O) groups is 4. The van der Waals surface area contributed by atoms with Crippen molar-refractivity contribution in [1.82, 2.24) is 40.4 Å². The molecule has 3 aromatic carbocycles. The third-order valence-electron chi connectivity index (χ3n) is 10.5. The number of imidazole rings is 2. The van der Waals surface area contributed by atoms with Gasteiger partial charge in [-0.3, -0.25) is 9.59 Å². The van der Waals surface area contributed by atoms with Crippen LogP contribution in [0.2, 0.25) is 0 Å². The maximum Gasteiger partial charge on any atom is 0.407 e. The second kappa shape index (κ2) is 17.0. The fourth-order valence-electron chi connectivity index (χ4n) is 7.43. The lowest BCUT2D eigenvalue weighted by atomic mass is 10.0. The summed E-state index contributed by atoms with van der Waals surface area (Å²) in [6, 6.07) is 23.2. The lowest BCUT2D eigenvalue weighted by Gasteiger charge is -2.30. The van der Waals surface area contributed by atoms with E-state index in [0.29, 0.717) is 30.3 Å². The molecule has 2 aromatic heterocycles. The summed E-state index contributed by atoms with van der Waals surface area (Å²) in [5.41, 5.74) is 6.29. The Morgan fingerprint density at radius 3 is 1.88 bits per heavy atom. The van der Waals surface area contributed by atoms with Crippen molar-refractivity contribution in [3.8, 4) is 33.6 Å². The minimum Gasteiger partial charge on any atom is -0.453 e. The van der Waals surface area contributed by atoms with Crippen LogP contribution in [0.15, 0.2) is 103 Å². The molecule has 4 heterocycles. The zero-order valence-electron chi connectivity index (χ0n) is 32.3. The molecule has 7 rings (SSSR count). The van der Waals surface area contributed by atoms with Crippen molar-refractivity contribution in [3.05, 3.63) is 121 Å². The van der Waals surface area contributed by atoms with Gasteiger partial charge in [-0.05, 0) is 46.6 Å². The van der Waals surface area contributed by atoms with E-state index in [4.69, 9.17) is 9.47 Å². The molecule has 1 saturated heterocycles. The molecule has 294 valence electrons. The standard InChI is InChI=1S/C43H46N8O6/c1-26(2)36(48-42(54)56-3)40(52)50-22-8-12-34(50)38-44-24-32(46-38)29-18-14-27(15-19-29)28-16-20-30(21-17-28)33-25-45-39(47-33)35-13-9-23-51(35)41(53)37(49-43(55)57-4)31-10-6-5-7-11-31/h5-7,9-11,13-21,24-26,34-37H,8,12,22-23H2,1-4H3,(H,44,46)(H,45,47)(H,48,54)(H,49,55)/t34-,35-,36?,37+/m0/s1. The molecule has 2 aliphatic rings. The van der Waals surface area contributed by atoms with E-state index in [1.807, 2.05) is 68.5 Å². The molecule has 4 atom stereocenters. The average Bonchev–Trinajstić information content (AvgIpc) is 4.09. The molecule has 5 aromatic rings. The summed E-state index contributed by atoms with van der Waals surface area (Å²) in [6.07, 6.45) is 7.70. The number of rotatable bonds is 11. The Bertz CT molecular complexity index is 2230. The van der Waals surface area contributed by atoms with E-state index in [1.165, 1.54) is 14.2 Å². The minimum absolute atomic E-state index is 0.110. The third-order valence-corrected chi connectivity index (χ3v) is 10.5. The first kappa shape index (κ1) is 38.6. The van der Waals surface area contributed by atoms with Gasteiger partial charge in [0.25, 0.3) is 5.91 Å². The van der Waals surface area contributed by atoms with Gasteiger partial charge in [0.1, 0.15) is 29.8 Å². The first-order valence-corrected chi connectivity index (χ1v) is 19.0. The van der Waals surface area contributed by atoms with E-state index in [-0.39, 0.29) is 23.8 Å². The Kier molecular flexibility index (Phi) is 11.5. The van der Waals surface area contributed by atoms with Gasteiger partial charge < -0.3 is 39.9 Å². The van der Waals surface area contributed by atoms with Crippen LogP contribution in [0.1, 0.15) is 62.0 Å². The number of hydrogen-bond donors (Lipinski definition) is 4. The molecule has 1 fully saturated rings. The summed E-state index contributed by atoms with van der Waals surface area (Å²) < 4.78 is 9.56. The number of amides is 4. The summed E-state index contributed by atoms with van der Waals surface area (Å²) in [6.45, 7) is 4.75. The summed E-state index contributed by atoms with van der Waals surface area (Å²) in [4.78, 5) is 71.1. The number of hydrogen-bond acceptors (Lipinski definition) is 8. The summed E-state index contributed by atoms with van der Waals surface area (Å²) in [7, 11) is 2.55. The molecule has 4 amide bonds. The van der Waals surface area contributed by atoms with Crippen molar-refractivity contribution in [1.29, 1.82) is 0 Å². The lowest BCUT2D eigenvalue weighted by molar-refractivity contribution is -0.135. The number of likely N-dealkylation sites (tertiary alicyclic amines) is 1. The zero-order chi connectivity index (χ0) is 40.1. The molecule has 0 saturated carbocycles. The molecule has 0 bridgehead atoms. The Labute approximate surface area is 330 Å². The number of alkyl carbamates (subject to hydrolysis) is 2. The highest BCUT2D eigenvalue weighted by Gasteiger charge is 2.38. The summed E-state index contributed by atoms with van der Waals surface area (Å²) in [5.74, 6) is 0.796. The monoisotopic (exact) mass is 770 g/mol. The van der Waals surface area contributed by atoms with E-state index in [2.05, 4.69) is 54.8 Å². The van der Waals surface area contributed by atoms with Gasteiger partial charge in [0.05, 0.1) is 44.0 Å². The fraction of sp³-hybridized carbons (Fsp3) is 0.302. The molecule has 14 nitrogen and oxygen atoms in total. The molecule has 2 aliphatic heterocycles. The van der Waals surface area contributed by atoms with Gasteiger partial charge in [-0.25, -0.2) is 19.6 Å². The van der Waals surface area contributed by atoms with Crippen molar-refractivity contribution in [2.75, 3.05) is 27.3 Å². The quantitative estimate of drug-likeness (QED) is 0.107. The van der Waals surface area contributed by atoms with Crippen LogP contribution in [-0.2, 0) is 19.1 Å². The van der Waals surface area contributed by atoms with Gasteiger partial charge in [-0.1, -0.05) is 105 Å². The lowest BCUT2D eigenvalue weighted by Crippen LogP contribution is -2.51. The number of nitrogens with zero attached hydrogens (tertiary/aromatic N) is 4. The Balaban J connectivity index is 1.01. The molecule has 0 aliphatic carbocycles. The van der Waals surface area contributed by atoms with Gasteiger partial charge in [0.2, 0.25) is 5.91 Å². The SMILES string of the molecule is COC(=O)NC(C(=O)N1CCC[C@H]1c1ncc(-c2ccc(-c3ccc(-c4cnc([C@@H]5C=CCN5C(=O)[C@H](NC(=O)OC)c5ccccc5)[nH]4)cc3)cc2)[nH]1)C(C)C. The van der Waals surface area contributed by atoms with Gasteiger partial charge in [0, 0.05) is 13.1 Å². The predicted octanol–water partition coefficient (Wildman–Crippen LogP) is 6.71. The molecule has 57 heavy (non-hydrogen) atoms.